The fourth-order valence-electron chi connectivity index (χ4n) is 2.83. The highest BCUT2D eigenvalue weighted by Crippen LogP contribution is 2.31. The summed E-state index contributed by atoms with van der Waals surface area (Å²) in [5.74, 6) is 1.03. The van der Waals surface area contributed by atoms with Gasteiger partial charge in [0.15, 0.2) is 0 Å². The quantitative estimate of drug-likeness (QED) is 0.628. The molecule has 3 aromatic rings. The van der Waals surface area contributed by atoms with E-state index in [9.17, 15) is 9.59 Å². The van der Waals surface area contributed by atoms with Crippen molar-refractivity contribution in [1.29, 1.82) is 0 Å². The molecule has 0 aliphatic carbocycles. The van der Waals surface area contributed by atoms with Gasteiger partial charge in [0.05, 0.1) is 19.7 Å². The van der Waals surface area contributed by atoms with Crippen LogP contribution in [-0.2, 0) is 6.42 Å². The lowest BCUT2D eigenvalue weighted by Crippen LogP contribution is -2.27. The van der Waals surface area contributed by atoms with Gasteiger partial charge in [-0.2, -0.15) is 0 Å². The number of carbonyl (C=O) groups is 1. The number of aromatic amines is 1. The molecule has 3 rings (SSSR count). The number of hydrogen-bond donors (Lipinski definition) is 2. The largest absolute Gasteiger partial charge is 0.496 e. The Morgan fingerprint density at radius 1 is 1.07 bits per heavy atom. The molecular formula is C20H19BrN2O4. The Kier molecular flexibility index (Phi) is 5.81. The standard InChI is InChI=1S/C20H19BrN2O4/c1-26-16-7-8-17(27-2)18-15(16)11-13(20(25)23-18)9-10-22-19(24)12-3-5-14(21)6-4-12/h3-8,11H,9-10H2,1-2H3,(H,22,24)(H,23,25). The summed E-state index contributed by atoms with van der Waals surface area (Å²) in [7, 11) is 3.12. The van der Waals surface area contributed by atoms with Gasteiger partial charge in [-0.15, -0.1) is 0 Å². The number of pyridine rings is 1. The van der Waals surface area contributed by atoms with Crippen molar-refractivity contribution >= 4 is 32.7 Å². The molecule has 140 valence electrons. The van der Waals surface area contributed by atoms with E-state index in [0.717, 1.165) is 9.86 Å². The molecule has 0 saturated heterocycles. The summed E-state index contributed by atoms with van der Waals surface area (Å²) in [6, 6.07) is 12.4. The first kappa shape index (κ1) is 19.0. The summed E-state index contributed by atoms with van der Waals surface area (Å²) >= 11 is 3.34. The summed E-state index contributed by atoms with van der Waals surface area (Å²) in [4.78, 5) is 27.4. The van der Waals surface area contributed by atoms with Gasteiger partial charge < -0.3 is 19.8 Å². The predicted molar refractivity (Wildman–Crippen MR) is 108 cm³/mol. The topological polar surface area (TPSA) is 80.4 Å². The molecule has 1 amide bonds. The van der Waals surface area contributed by atoms with Gasteiger partial charge in [-0.05, 0) is 48.9 Å². The highest BCUT2D eigenvalue weighted by molar-refractivity contribution is 9.10. The third-order valence-corrected chi connectivity index (χ3v) is 4.77. The van der Waals surface area contributed by atoms with Crippen LogP contribution in [0.3, 0.4) is 0 Å². The van der Waals surface area contributed by atoms with Crippen LogP contribution in [0.5, 0.6) is 11.5 Å². The van der Waals surface area contributed by atoms with Crippen molar-refractivity contribution < 1.29 is 14.3 Å². The summed E-state index contributed by atoms with van der Waals surface area (Å²) in [6.07, 6.45) is 0.397. The molecule has 1 aromatic heterocycles. The maximum Gasteiger partial charge on any atom is 0.251 e. The molecule has 2 aromatic carbocycles. The van der Waals surface area contributed by atoms with E-state index in [0.29, 0.717) is 41.1 Å². The van der Waals surface area contributed by atoms with Crippen molar-refractivity contribution in [2.75, 3.05) is 20.8 Å². The molecule has 0 saturated carbocycles. The lowest BCUT2D eigenvalue weighted by atomic mass is 10.1. The second-order valence-electron chi connectivity index (χ2n) is 5.90. The molecule has 7 heteroatoms. The van der Waals surface area contributed by atoms with Crippen LogP contribution in [0.1, 0.15) is 15.9 Å². The molecule has 0 spiro atoms. The number of benzene rings is 2. The summed E-state index contributed by atoms with van der Waals surface area (Å²) in [6.45, 7) is 0.343. The SMILES string of the molecule is COc1ccc(OC)c2[nH]c(=O)c(CCNC(=O)c3ccc(Br)cc3)cc12. The second-order valence-corrected chi connectivity index (χ2v) is 6.81. The number of hydrogen-bond acceptors (Lipinski definition) is 4. The number of rotatable bonds is 6. The van der Waals surface area contributed by atoms with Crippen LogP contribution < -0.4 is 20.3 Å². The lowest BCUT2D eigenvalue weighted by Gasteiger charge is -2.11. The van der Waals surface area contributed by atoms with E-state index in [1.807, 2.05) is 12.1 Å². The third-order valence-electron chi connectivity index (χ3n) is 4.24. The molecule has 0 bridgehead atoms. The van der Waals surface area contributed by atoms with Crippen molar-refractivity contribution in [3.8, 4) is 11.5 Å². The van der Waals surface area contributed by atoms with E-state index in [1.165, 1.54) is 0 Å². The molecule has 0 aliphatic heterocycles. The Balaban J connectivity index is 1.78. The fourth-order valence-corrected chi connectivity index (χ4v) is 3.10. The predicted octanol–water partition coefficient (Wildman–Crippen LogP) is 3.28. The van der Waals surface area contributed by atoms with Crippen molar-refractivity contribution in [1.82, 2.24) is 10.3 Å². The highest BCUT2D eigenvalue weighted by Gasteiger charge is 2.12. The first-order chi connectivity index (χ1) is 13.0. The Labute approximate surface area is 164 Å². The average Bonchev–Trinajstić information content (AvgIpc) is 2.68. The number of amides is 1. The van der Waals surface area contributed by atoms with Crippen LogP contribution >= 0.6 is 15.9 Å². The average molecular weight is 431 g/mol. The van der Waals surface area contributed by atoms with Gasteiger partial charge in [-0.1, -0.05) is 15.9 Å². The van der Waals surface area contributed by atoms with Crippen LogP contribution in [0, 0.1) is 0 Å². The lowest BCUT2D eigenvalue weighted by molar-refractivity contribution is 0.0954. The number of nitrogens with one attached hydrogen (secondary N) is 2. The highest BCUT2D eigenvalue weighted by atomic mass is 79.9. The first-order valence-electron chi connectivity index (χ1n) is 8.34. The molecule has 0 aliphatic rings. The molecule has 1 heterocycles. The normalized spacial score (nSPS) is 10.6. The first-order valence-corrected chi connectivity index (χ1v) is 9.13. The molecule has 27 heavy (non-hydrogen) atoms. The van der Waals surface area contributed by atoms with Gasteiger partial charge in [-0.3, -0.25) is 9.59 Å². The number of halogens is 1. The zero-order valence-electron chi connectivity index (χ0n) is 15.0. The summed E-state index contributed by atoms with van der Waals surface area (Å²) in [5, 5.41) is 3.59. The maximum atomic E-state index is 12.4. The fraction of sp³-hybridized carbons (Fsp3) is 0.200. The monoisotopic (exact) mass is 430 g/mol. The van der Waals surface area contributed by atoms with Crippen LogP contribution in [0.15, 0.2) is 51.7 Å². The Morgan fingerprint density at radius 3 is 2.41 bits per heavy atom. The minimum absolute atomic E-state index is 0.182. The zero-order chi connectivity index (χ0) is 19.4. The van der Waals surface area contributed by atoms with E-state index in [1.54, 1.807) is 44.6 Å². The number of H-pyrrole nitrogens is 1. The van der Waals surface area contributed by atoms with E-state index in [-0.39, 0.29) is 11.5 Å². The summed E-state index contributed by atoms with van der Waals surface area (Å²) < 4.78 is 11.6. The number of ether oxygens (including phenoxy) is 2. The minimum atomic E-state index is -0.216. The smallest absolute Gasteiger partial charge is 0.251 e. The molecule has 0 atom stereocenters. The van der Waals surface area contributed by atoms with Crippen LogP contribution in [0.25, 0.3) is 10.9 Å². The van der Waals surface area contributed by atoms with Gasteiger partial charge in [0.2, 0.25) is 0 Å². The maximum absolute atomic E-state index is 12.4. The molecule has 0 fully saturated rings. The van der Waals surface area contributed by atoms with Crippen molar-refractivity contribution in [2.45, 2.75) is 6.42 Å². The van der Waals surface area contributed by atoms with E-state index in [2.05, 4.69) is 26.2 Å². The Hall–Kier alpha value is -2.80. The molecule has 2 N–H and O–H groups in total. The van der Waals surface area contributed by atoms with Gasteiger partial charge in [0.1, 0.15) is 11.5 Å². The number of fused-ring (bicyclic) bond motifs is 1. The van der Waals surface area contributed by atoms with Gasteiger partial charge in [0.25, 0.3) is 11.5 Å². The van der Waals surface area contributed by atoms with E-state index in [4.69, 9.17) is 9.47 Å². The van der Waals surface area contributed by atoms with Crippen LogP contribution in [-0.4, -0.2) is 31.7 Å². The zero-order valence-corrected chi connectivity index (χ0v) is 16.6. The second kappa shape index (κ2) is 8.26. The van der Waals surface area contributed by atoms with Gasteiger partial charge >= 0.3 is 0 Å². The third kappa shape index (κ3) is 4.14. The van der Waals surface area contributed by atoms with Gasteiger partial charge in [0, 0.05) is 27.5 Å². The number of aromatic nitrogens is 1. The van der Waals surface area contributed by atoms with Crippen molar-refractivity contribution in [3.05, 3.63) is 68.4 Å². The molecular weight excluding hydrogens is 412 g/mol. The number of methoxy groups -OCH3 is 2. The molecule has 0 unspecified atom stereocenters. The van der Waals surface area contributed by atoms with Crippen LogP contribution in [0.2, 0.25) is 0 Å². The number of carbonyl (C=O) groups excluding carboxylic acids is 1. The molecule has 0 radical (unpaired) electrons. The minimum Gasteiger partial charge on any atom is -0.496 e. The summed E-state index contributed by atoms with van der Waals surface area (Å²) in [5.41, 5.74) is 1.50. The molecule has 6 nitrogen and oxygen atoms in total. The van der Waals surface area contributed by atoms with E-state index < -0.39 is 0 Å². The van der Waals surface area contributed by atoms with Gasteiger partial charge in [-0.25, -0.2) is 0 Å². The van der Waals surface area contributed by atoms with E-state index >= 15 is 0 Å². The Bertz CT molecular complexity index is 1030. The van der Waals surface area contributed by atoms with Crippen molar-refractivity contribution in [2.24, 2.45) is 0 Å². The Morgan fingerprint density at radius 2 is 1.74 bits per heavy atom. The van der Waals surface area contributed by atoms with Crippen molar-refractivity contribution in [3.63, 3.8) is 0 Å². The van der Waals surface area contributed by atoms with Crippen LogP contribution in [0.4, 0.5) is 0 Å².